The molecule has 0 saturated carbocycles. The summed E-state index contributed by atoms with van der Waals surface area (Å²) < 4.78 is 6.31. The van der Waals surface area contributed by atoms with Gasteiger partial charge >= 0.3 is 0 Å². The van der Waals surface area contributed by atoms with Gasteiger partial charge in [0.25, 0.3) is 0 Å². The van der Waals surface area contributed by atoms with Gasteiger partial charge < -0.3 is 4.74 Å². The van der Waals surface area contributed by atoms with Crippen molar-refractivity contribution in [2.45, 2.75) is 84.6 Å². The van der Waals surface area contributed by atoms with Gasteiger partial charge in [-0.05, 0) is 46.0 Å². The second-order valence-corrected chi connectivity index (χ2v) is 8.31. The first kappa shape index (κ1) is 13.4. The van der Waals surface area contributed by atoms with Crippen LogP contribution >= 0.6 is 0 Å². The van der Waals surface area contributed by atoms with E-state index in [1.54, 1.807) is 0 Å². The predicted octanol–water partition coefficient (Wildman–Crippen LogP) is 3.45. The van der Waals surface area contributed by atoms with Crippen LogP contribution in [0.1, 0.15) is 61.3 Å². The molecule has 2 saturated heterocycles. The maximum Gasteiger partial charge on any atom is 0.0834 e. The fraction of sp³-hybridized carbons (Fsp3) is 1.00. The number of hydrogen-bond acceptors (Lipinski definition) is 2. The molecule has 2 rings (SSSR count). The summed E-state index contributed by atoms with van der Waals surface area (Å²) in [7, 11) is 0. The first-order chi connectivity index (χ1) is 7.53. The Morgan fingerprint density at radius 1 is 1.18 bits per heavy atom. The van der Waals surface area contributed by atoms with E-state index in [4.69, 9.17) is 4.74 Å². The van der Waals surface area contributed by atoms with Crippen molar-refractivity contribution in [2.75, 3.05) is 6.54 Å². The molecule has 2 bridgehead atoms. The quantitative estimate of drug-likeness (QED) is 0.695. The third-order valence-corrected chi connectivity index (χ3v) is 4.13. The highest BCUT2D eigenvalue weighted by atomic mass is 16.5. The molecule has 0 aromatic heterocycles. The van der Waals surface area contributed by atoms with E-state index in [0.29, 0.717) is 17.6 Å². The van der Waals surface area contributed by atoms with Gasteiger partial charge in [-0.25, -0.2) is 0 Å². The molecular weight excluding hydrogens is 210 g/mol. The predicted molar refractivity (Wildman–Crippen MR) is 72.2 cm³/mol. The molecule has 0 spiro atoms. The minimum atomic E-state index is 0.121. The van der Waals surface area contributed by atoms with E-state index in [9.17, 15) is 0 Å². The third-order valence-electron chi connectivity index (χ3n) is 4.13. The lowest BCUT2D eigenvalue weighted by Crippen LogP contribution is -2.54. The standard InChI is InChI=1S/C15H29NO/c1-11-12-8-15(17-11,9-13(2,3)4)10-16(12)14(5,6)7/h11-12H,8-10H2,1-7H3/t11-,12+,15-/m0/s1. The Morgan fingerprint density at radius 2 is 1.76 bits per heavy atom. The molecule has 0 amide bonds. The fourth-order valence-electron chi connectivity index (χ4n) is 3.83. The highest BCUT2D eigenvalue weighted by molar-refractivity contribution is 5.10. The molecule has 2 aliphatic heterocycles. The van der Waals surface area contributed by atoms with Crippen LogP contribution in [0.5, 0.6) is 0 Å². The summed E-state index contributed by atoms with van der Waals surface area (Å²) in [5, 5.41) is 0. The Bertz CT molecular complexity index is 299. The summed E-state index contributed by atoms with van der Waals surface area (Å²) in [4.78, 5) is 2.66. The second kappa shape index (κ2) is 3.71. The molecule has 0 unspecified atom stereocenters. The van der Waals surface area contributed by atoms with Crippen LogP contribution in [0.15, 0.2) is 0 Å². The number of ether oxygens (including phenoxy) is 1. The summed E-state index contributed by atoms with van der Waals surface area (Å²) in [6.45, 7) is 17.3. The van der Waals surface area contributed by atoms with Crippen molar-refractivity contribution in [2.24, 2.45) is 5.41 Å². The Hall–Kier alpha value is -0.0800. The Labute approximate surface area is 107 Å². The normalized spacial score (nSPS) is 39.0. The van der Waals surface area contributed by atoms with E-state index in [-0.39, 0.29) is 11.1 Å². The van der Waals surface area contributed by atoms with E-state index in [2.05, 4.69) is 53.4 Å². The number of likely N-dealkylation sites (tertiary alicyclic amines) is 1. The third kappa shape index (κ3) is 2.53. The van der Waals surface area contributed by atoms with Crippen LogP contribution in [0.3, 0.4) is 0 Å². The van der Waals surface area contributed by atoms with Crippen molar-refractivity contribution < 1.29 is 4.74 Å². The average Bonchev–Trinajstić information content (AvgIpc) is 2.51. The molecule has 100 valence electrons. The summed E-state index contributed by atoms with van der Waals surface area (Å²) in [5.41, 5.74) is 0.737. The second-order valence-electron chi connectivity index (χ2n) is 8.31. The maximum atomic E-state index is 6.31. The molecule has 2 heterocycles. The highest BCUT2D eigenvalue weighted by Gasteiger charge is 2.57. The van der Waals surface area contributed by atoms with Gasteiger partial charge in [0.15, 0.2) is 0 Å². The van der Waals surface area contributed by atoms with Crippen molar-refractivity contribution in [3.8, 4) is 0 Å². The summed E-state index contributed by atoms with van der Waals surface area (Å²) in [6, 6.07) is 0.623. The number of nitrogens with zero attached hydrogens (tertiary/aromatic N) is 1. The van der Waals surface area contributed by atoms with Crippen LogP contribution in [0.4, 0.5) is 0 Å². The molecule has 3 atom stereocenters. The lowest BCUT2D eigenvalue weighted by atomic mass is 9.81. The highest BCUT2D eigenvalue weighted by Crippen LogP contribution is 2.49. The molecule has 0 aromatic carbocycles. The molecule has 2 fully saturated rings. The van der Waals surface area contributed by atoms with E-state index < -0.39 is 0 Å². The van der Waals surface area contributed by atoms with Gasteiger partial charge in [-0.2, -0.15) is 0 Å². The summed E-state index contributed by atoms with van der Waals surface area (Å²) in [5.74, 6) is 0. The minimum Gasteiger partial charge on any atom is -0.369 e. The van der Waals surface area contributed by atoms with Crippen LogP contribution in [-0.2, 0) is 4.74 Å². The Morgan fingerprint density at radius 3 is 2.18 bits per heavy atom. The maximum absolute atomic E-state index is 6.31. The number of rotatable bonds is 1. The van der Waals surface area contributed by atoms with Gasteiger partial charge in [0.2, 0.25) is 0 Å². The van der Waals surface area contributed by atoms with E-state index in [0.717, 1.165) is 6.54 Å². The zero-order valence-corrected chi connectivity index (χ0v) is 12.6. The van der Waals surface area contributed by atoms with Crippen LogP contribution in [0, 0.1) is 5.41 Å². The van der Waals surface area contributed by atoms with Gasteiger partial charge in [0.05, 0.1) is 11.7 Å². The molecule has 2 aliphatic rings. The first-order valence-electron chi connectivity index (χ1n) is 6.97. The summed E-state index contributed by atoms with van der Waals surface area (Å²) in [6.07, 6.45) is 2.79. The summed E-state index contributed by atoms with van der Waals surface area (Å²) >= 11 is 0. The van der Waals surface area contributed by atoms with Gasteiger partial charge in [-0.3, -0.25) is 4.90 Å². The first-order valence-corrected chi connectivity index (χ1v) is 6.97. The Kier molecular flexibility index (Phi) is 2.91. The number of morpholine rings is 1. The average molecular weight is 239 g/mol. The van der Waals surface area contributed by atoms with Crippen molar-refractivity contribution in [3.63, 3.8) is 0 Å². The van der Waals surface area contributed by atoms with E-state index >= 15 is 0 Å². The van der Waals surface area contributed by atoms with Crippen LogP contribution < -0.4 is 0 Å². The number of hydrogen-bond donors (Lipinski definition) is 0. The molecule has 0 aromatic rings. The van der Waals surface area contributed by atoms with Gasteiger partial charge in [-0.15, -0.1) is 0 Å². The minimum absolute atomic E-state index is 0.121. The molecule has 2 heteroatoms. The smallest absolute Gasteiger partial charge is 0.0834 e. The lowest BCUT2D eigenvalue weighted by Gasteiger charge is -2.45. The van der Waals surface area contributed by atoms with Crippen LogP contribution in [-0.4, -0.2) is 34.7 Å². The molecule has 17 heavy (non-hydrogen) atoms. The topological polar surface area (TPSA) is 12.5 Å². The van der Waals surface area contributed by atoms with Crippen molar-refractivity contribution in [1.82, 2.24) is 4.90 Å². The molecule has 0 aliphatic carbocycles. The molecule has 2 nitrogen and oxygen atoms in total. The van der Waals surface area contributed by atoms with Gasteiger partial charge in [0, 0.05) is 18.1 Å². The van der Waals surface area contributed by atoms with Gasteiger partial charge in [0.1, 0.15) is 0 Å². The zero-order valence-electron chi connectivity index (χ0n) is 12.6. The lowest BCUT2D eigenvalue weighted by molar-refractivity contribution is -0.121. The monoisotopic (exact) mass is 239 g/mol. The molecular formula is C15H29NO. The van der Waals surface area contributed by atoms with E-state index in [1.165, 1.54) is 12.8 Å². The van der Waals surface area contributed by atoms with Crippen molar-refractivity contribution in [1.29, 1.82) is 0 Å². The van der Waals surface area contributed by atoms with Gasteiger partial charge in [-0.1, -0.05) is 20.8 Å². The van der Waals surface area contributed by atoms with Crippen molar-refractivity contribution >= 4 is 0 Å². The SMILES string of the molecule is C[C@@H]1O[C@]2(CC(C)(C)C)C[C@H]1N(C(C)(C)C)C2. The van der Waals surface area contributed by atoms with E-state index in [1.807, 2.05) is 0 Å². The molecule has 0 radical (unpaired) electrons. The molecule has 0 N–H and O–H groups in total. The number of fused-ring (bicyclic) bond motifs is 2. The largest absolute Gasteiger partial charge is 0.369 e. The zero-order chi connectivity index (χ0) is 13.1. The Balaban J connectivity index is 2.18. The van der Waals surface area contributed by atoms with Crippen LogP contribution in [0.2, 0.25) is 0 Å². The van der Waals surface area contributed by atoms with Crippen LogP contribution in [0.25, 0.3) is 0 Å². The van der Waals surface area contributed by atoms with Crippen molar-refractivity contribution in [3.05, 3.63) is 0 Å². The fourth-order valence-corrected chi connectivity index (χ4v) is 3.83.